The number of benzene rings is 1. The molecule has 104 valence electrons. The number of nitrogens with zero attached hydrogens (tertiary/aromatic N) is 2. The number of halogens is 1. The molecule has 0 aliphatic heterocycles. The summed E-state index contributed by atoms with van der Waals surface area (Å²) in [7, 11) is 0. The van der Waals surface area contributed by atoms with E-state index in [1.54, 1.807) is 10.6 Å². The van der Waals surface area contributed by atoms with E-state index in [9.17, 15) is 14.9 Å². The van der Waals surface area contributed by atoms with Crippen LogP contribution in [0.1, 0.15) is 15.9 Å². The van der Waals surface area contributed by atoms with Gasteiger partial charge in [-0.3, -0.25) is 14.9 Å². The minimum atomic E-state index is -0.504. The van der Waals surface area contributed by atoms with E-state index in [2.05, 4.69) is 0 Å². The second-order valence-corrected chi connectivity index (χ2v) is 4.28. The number of carbonyl (C=O) groups excluding carboxylic acids is 1. The number of hydrogen-bond donors (Lipinski definition) is 0. The zero-order chi connectivity index (χ0) is 13.8. The van der Waals surface area contributed by atoms with E-state index < -0.39 is 4.92 Å². The number of pyridine rings is 1. The largest absolute Gasteiger partial charge is 1.00 e. The fourth-order valence-corrected chi connectivity index (χ4v) is 1.69. The van der Waals surface area contributed by atoms with E-state index >= 15 is 0 Å². The van der Waals surface area contributed by atoms with Crippen LogP contribution in [-0.2, 0) is 6.54 Å². The summed E-state index contributed by atoms with van der Waals surface area (Å²) in [5, 5.41) is 10.7. The first-order valence-corrected chi connectivity index (χ1v) is 5.79. The van der Waals surface area contributed by atoms with Gasteiger partial charge in [0.15, 0.2) is 12.4 Å². The van der Waals surface area contributed by atoms with E-state index in [4.69, 9.17) is 0 Å². The van der Waals surface area contributed by atoms with Gasteiger partial charge in [0, 0.05) is 29.8 Å². The zero-order valence-electron chi connectivity index (χ0n) is 10.8. The van der Waals surface area contributed by atoms with Crippen molar-refractivity contribution in [3.05, 3.63) is 70.0 Å². The molecule has 1 aromatic carbocycles. The number of hydrogen-bond acceptors (Lipinski definition) is 3. The monoisotopic (exact) mass is 336 g/mol. The van der Waals surface area contributed by atoms with Gasteiger partial charge in [-0.15, -0.1) is 0 Å². The van der Waals surface area contributed by atoms with Crippen molar-refractivity contribution in [2.24, 2.45) is 0 Å². The van der Waals surface area contributed by atoms with Crippen molar-refractivity contribution in [3.63, 3.8) is 0 Å². The van der Waals surface area contributed by atoms with Crippen LogP contribution in [0.4, 0.5) is 5.69 Å². The van der Waals surface area contributed by atoms with Crippen LogP contribution in [0.3, 0.4) is 0 Å². The molecule has 0 unspecified atom stereocenters. The smallest absolute Gasteiger partial charge is 0.270 e. The Hall–Kier alpha value is -2.08. The van der Waals surface area contributed by atoms with Gasteiger partial charge in [0.05, 0.1) is 4.92 Å². The molecule has 6 heteroatoms. The van der Waals surface area contributed by atoms with Gasteiger partial charge in [0.25, 0.3) is 5.69 Å². The SMILES string of the molecule is Cc1cc[n+](CC(=O)c2cccc([N+](=O)[O-])c2)cc1.[Br-]. The van der Waals surface area contributed by atoms with Crippen LogP contribution in [0, 0.1) is 17.0 Å². The van der Waals surface area contributed by atoms with E-state index in [1.165, 1.54) is 18.2 Å². The molecule has 0 fully saturated rings. The quantitative estimate of drug-likeness (QED) is 0.314. The molecule has 0 N–H and O–H groups in total. The first-order valence-electron chi connectivity index (χ1n) is 5.79. The summed E-state index contributed by atoms with van der Waals surface area (Å²) in [4.78, 5) is 22.2. The number of carbonyl (C=O) groups is 1. The lowest BCUT2D eigenvalue weighted by atomic mass is 10.1. The van der Waals surface area contributed by atoms with E-state index in [-0.39, 0.29) is 35.0 Å². The summed E-state index contributed by atoms with van der Waals surface area (Å²) in [5.41, 5.74) is 1.39. The highest BCUT2D eigenvalue weighted by Crippen LogP contribution is 2.13. The Bertz CT molecular complexity index is 627. The second kappa shape index (κ2) is 6.91. The van der Waals surface area contributed by atoms with Gasteiger partial charge in [0.1, 0.15) is 0 Å². The van der Waals surface area contributed by atoms with Gasteiger partial charge in [-0.2, -0.15) is 4.57 Å². The molecular weight excluding hydrogens is 324 g/mol. The first kappa shape index (κ1) is 16.0. The molecule has 0 aliphatic carbocycles. The Labute approximate surface area is 126 Å². The summed E-state index contributed by atoms with van der Waals surface area (Å²) in [6, 6.07) is 9.59. The molecule has 1 heterocycles. The van der Waals surface area contributed by atoms with E-state index in [0.717, 1.165) is 5.56 Å². The van der Waals surface area contributed by atoms with Crippen molar-refractivity contribution in [2.45, 2.75) is 13.5 Å². The van der Waals surface area contributed by atoms with Gasteiger partial charge in [-0.1, -0.05) is 12.1 Å². The fraction of sp³-hybridized carbons (Fsp3) is 0.143. The average molecular weight is 337 g/mol. The van der Waals surface area contributed by atoms with Gasteiger partial charge < -0.3 is 17.0 Å². The standard InChI is InChI=1S/C14H13N2O3.BrH/c1-11-5-7-15(8-6-11)10-14(17)12-3-2-4-13(9-12)16(18)19;/h2-9H,10H2,1H3;1H/q+1;/p-1. The van der Waals surface area contributed by atoms with Crippen LogP contribution < -0.4 is 21.5 Å². The molecule has 0 aliphatic rings. The van der Waals surface area contributed by atoms with Crippen molar-refractivity contribution in [1.82, 2.24) is 0 Å². The molecule has 0 bridgehead atoms. The lowest BCUT2D eigenvalue weighted by molar-refractivity contribution is -0.683. The molecule has 0 saturated carbocycles. The van der Waals surface area contributed by atoms with Crippen LogP contribution in [0.25, 0.3) is 0 Å². The van der Waals surface area contributed by atoms with Crippen molar-refractivity contribution in [3.8, 4) is 0 Å². The third kappa shape index (κ3) is 3.96. The highest BCUT2D eigenvalue weighted by Gasteiger charge is 2.15. The van der Waals surface area contributed by atoms with Gasteiger partial charge in [0.2, 0.25) is 12.3 Å². The Morgan fingerprint density at radius 1 is 1.25 bits per heavy atom. The summed E-state index contributed by atoms with van der Waals surface area (Å²) < 4.78 is 1.74. The number of ketones is 1. The Kier molecular flexibility index (Phi) is 5.52. The summed E-state index contributed by atoms with van der Waals surface area (Å²) in [6.07, 6.45) is 3.62. The topological polar surface area (TPSA) is 64.1 Å². The minimum absolute atomic E-state index is 0. The predicted octanol–water partition coefficient (Wildman–Crippen LogP) is -0.922. The minimum Gasteiger partial charge on any atom is -1.00 e. The van der Waals surface area contributed by atoms with Gasteiger partial charge in [-0.25, -0.2) is 0 Å². The maximum atomic E-state index is 12.0. The van der Waals surface area contributed by atoms with Crippen LogP contribution in [0.15, 0.2) is 48.8 Å². The molecule has 0 spiro atoms. The molecule has 5 nitrogen and oxygen atoms in total. The average Bonchev–Trinajstić information content (AvgIpc) is 2.41. The van der Waals surface area contributed by atoms with Crippen LogP contribution in [0.2, 0.25) is 0 Å². The summed E-state index contributed by atoms with van der Waals surface area (Å²) in [6.45, 7) is 2.13. The number of Topliss-reactive ketones (excluding diaryl/α,β-unsaturated/α-hetero) is 1. The molecule has 0 saturated heterocycles. The van der Waals surface area contributed by atoms with Crippen molar-refractivity contribution in [2.75, 3.05) is 0 Å². The maximum Gasteiger partial charge on any atom is 0.270 e. The Morgan fingerprint density at radius 2 is 1.90 bits per heavy atom. The van der Waals surface area contributed by atoms with Crippen molar-refractivity contribution in [1.29, 1.82) is 0 Å². The molecule has 0 amide bonds. The first-order chi connectivity index (χ1) is 9.06. The highest BCUT2D eigenvalue weighted by molar-refractivity contribution is 5.95. The highest BCUT2D eigenvalue weighted by atomic mass is 79.9. The number of non-ortho nitro benzene ring substituents is 1. The molecule has 1 aromatic heterocycles. The lowest BCUT2D eigenvalue weighted by Gasteiger charge is -1.99. The van der Waals surface area contributed by atoms with Gasteiger partial charge >= 0.3 is 0 Å². The number of aromatic nitrogens is 1. The number of nitro groups is 1. The number of aryl methyl sites for hydroxylation is 1. The fourth-order valence-electron chi connectivity index (χ4n) is 1.69. The van der Waals surface area contributed by atoms with E-state index in [1.807, 2.05) is 31.5 Å². The molecular formula is C14H13BrN2O3. The maximum absolute atomic E-state index is 12.0. The molecule has 20 heavy (non-hydrogen) atoms. The van der Waals surface area contributed by atoms with Crippen molar-refractivity contribution < 1.29 is 31.3 Å². The predicted molar refractivity (Wildman–Crippen MR) is 68.8 cm³/mol. The molecule has 0 radical (unpaired) electrons. The summed E-state index contributed by atoms with van der Waals surface area (Å²) in [5.74, 6) is -0.155. The van der Waals surface area contributed by atoms with Crippen LogP contribution in [0.5, 0.6) is 0 Å². The van der Waals surface area contributed by atoms with E-state index in [0.29, 0.717) is 5.56 Å². The Morgan fingerprint density at radius 3 is 2.50 bits per heavy atom. The second-order valence-electron chi connectivity index (χ2n) is 4.28. The normalized spacial score (nSPS) is 9.65. The third-order valence-corrected chi connectivity index (χ3v) is 2.76. The molecule has 2 aromatic rings. The molecule has 0 atom stereocenters. The molecule has 2 rings (SSSR count). The third-order valence-electron chi connectivity index (χ3n) is 2.76. The Balaban J connectivity index is 0.00000200. The van der Waals surface area contributed by atoms with Crippen molar-refractivity contribution >= 4 is 11.5 Å². The number of nitro benzene ring substituents is 1. The summed E-state index contributed by atoms with van der Waals surface area (Å²) >= 11 is 0. The van der Waals surface area contributed by atoms with Crippen LogP contribution in [-0.4, -0.2) is 10.7 Å². The number of rotatable bonds is 4. The van der Waals surface area contributed by atoms with Gasteiger partial charge in [-0.05, 0) is 12.5 Å². The zero-order valence-corrected chi connectivity index (χ0v) is 12.4. The van der Waals surface area contributed by atoms with Crippen LogP contribution >= 0.6 is 0 Å². The lowest BCUT2D eigenvalue weighted by Crippen LogP contribution is -3.00.